The van der Waals surface area contributed by atoms with Gasteiger partial charge in [0.25, 0.3) is 0 Å². The number of nitrogens with one attached hydrogen (secondary N) is 2. The van der Waals surface area contributed by atoms with Gasteiger partial charge in [0.1, 0.15) is 5.82 Å². The summed E-state index contributed by atoms with van der Waals surface area (Å²) in [5.74, 6) is -0.443. The van der Waals surface area contributed by atoms with Crippen molar-refractivity contribution in [3.05, 3.63) is 29.6 Å². The molecule has 1 saturated heterocycles. The summed E-state index contributed by atoms with van der Waals surface area (Å²) in [5.41, 5.74) is 1.36. The summed E-state index contributed by atoms with van der Waals surface area (Å²) in [5, 5.41) is 6.12. The van der Waals surface area contributed by atoms with Gasteiger partial charge < -0.3 is 10.6 Å². The van der Waals surface area contributed by atoms with Crippen LogP contribution < -0.4 is 10.6 Å². The van der Waals surface area contributed by atoms with Crippen molar-refractivity contribution in [3.8, 4) is 0 Å². The molecule has 4 nitrogen and oxygen atoms in total. The number of carbonyl (C=O) groups excluding carboxylic acids is 1. The van der Waals surface area contributed by atoms with Gasteiger partial charge in [0.05, 0.1) is 6.54 Å². The second kappa shape index (κ2) is 5.89. The lowest BCUT2D eigenvalue weighted by molar-refractivity contribution is -0.119. The summed E-state index contributed by atoms with van der Waals surface area (Å²) >= 11 is 0. The van der Waals surface area contributed by atoms with Crippen LogP contribution in [-0.2, 0) is 4.79 Å². The molecule has 20 heavy (non-hydrogen) atoms. The standard InChI is InChI=1S/C15H22FN3O/c1-11-4-5-12(16)8-13(11)18-14(20)9-19-7-6-17-10-15(19,2)3/h4-5,8,17H,6-7,9-10H2,1-3H3,(H,18,20). The first-order chi connectivity index (χ1) is 9.38. The van der Waals surface area contributed by atoms with E-state index in [9.17, 15) is 9.18 Å². The highest BCUT2D eigenvalue weighted by Crippen LogP contribution is 2.18. The number of benzene rings is 1. The van der Waals surface area contributed by atoms with E-state index in [2.05, 4.69) is 29.4 Å². The minimum atomic E-state index is -0.339. The first-order valence-corrected chi connectivity index (χ1v) is 6.90. The van der Waals surface area contributed by atoms with Crippen LogP contribution in [0, 0.1) is 12.7 Å². The summed E-state index contributed by atoms with van der Waals surface area (Å²) in [7, 11) is 0. The number of carbonyl (C=O) groups is 1. The molecule has 1 aromatic carbocycles. The molecule has 0 aromatic heterocycles. The van der Waals surface area contributed by atoms with Crippen molar-refractivity contribution in [2.24, 2.45) is 0 Å². The fraction of sp³-hybridized carbons (Fsp3) is 0.533. The summed E-state index contributed by atoms with van der Waals surface area (Å²) in [6, 6.07) is 4.42. The molecule has 1 aliphatic heterocycles. The minimum Gasteiger partial charge on any atom is -0.325 e. The predicted molar refractivity (Wildman–Crippen MR) is 78.3 cm³/mol. The molecule has 0 saturated carbocycles. The van der Waals surface area contributed by atoms with Crippen LogP contribution in [0.1, 0.15) is 19.4 Å². The first-order valence-electron chi connectivity index (χ1n) is 6.90. The minimum absolute atomic E-state index is 0.0490. The van der Waals surface area contributed by atoms with Crippen LogP contribution in [0.4, 0.5) is 10.1 Å². The van der Waals surface area contributed by atoms with Gasteiger partial charge in [-0.2, -0.15) is 0 Å². The van der Waals surface area contributed by atoms with Crippen molar-refractivity contribution in [2.45, 2.75) is 26.3 Å². The maximum atomic E-state index is 13.2. The van der Waals surface area contributed by atoms with Crippen molar-refractivity contribution in [1.29, 1.82) is 0 Å². The average molecular weight is 279 g/mol. The molecule has 1 amide bonds. The lowest BCUT2D eigenvalue weighted by Gasteiger charge is -2.42. The van der Waals surface area contributed by atoms with E-state index in [0.29, 0.717) is 12.2 Å². The molecule has 1 aromatic rings. The second-order valence-corrected chi connectivity index (χ2v) is 5.92. The molecule has 0 bridgehead atoms. The Morgan fingerprint density at radius 3 is 2.95 bits per heavy atom. The molecular formula is C15H22FN3O. The van der Waals surface area contributed by atoms with E-state index in [1.54, 1.807) is 6.07 Å². The molecule has 1 aliphatic rings. The SMILES string of the molecule is Cc1ccc(F)cc1NC(=O)CN1CCNCC1(C)C. The zero-order chi connectivity index (χ0) is 14.8. The highest BCUT2D eigenvalue weighted by atomic mass is 19.1. The van der Waals surface area contributed by atoms with Gasteiger partial charge >= 0.3 is 0 Å². The predicted octanol–water partition coefficient (Wildman–Crippen LogP) is 1.76. The van der Waals surface area contributed by atoms with Gasteiger partial charge in [-0.1, -0.05) is 6.07 Å². The van der Waals surface area contributed by atoms with Crippen LogP contribution in [0.2, 0.25) is 0 Å². The lowest BCUT2D eigenvalue weighted by Crippen LogP contribution is -2.59. The zero-order valence-electron chi connectivity index (χ0n) is 12.3. The average Bonchev–Trinajstić information content (AvgIpc) is 2.36. The number of piperazine rings is 1. The van der Waals surface area contributed by atoms with Crippen molar-refractivity contribution >= 4 is 11.6 Å². The first kappa shape index (κ1) is 14.9. The lowest BCUT2D eigenvalue weighted by atomic mass is 10.0. The maximum absolute atomic E-state index is 13.2. The topological polar surface area (TPSA) is 44.4 Å². The van der Waals surface area contributed by atoms with Gasteiger partial charge in [0.2, 0.25) is 5.91 Å². The number of nitrogens with zero attached hydrogens (tertiary/aromatic N) is 1. The van der Waals surface area contributed by atoms with Gasteiger partial charge in [0, 0.05) is 30.9 Å². The smallest absolute Gasteiger partial charge is 0.238 e. The Morgan fingerprint density at radius 2 is 2.25 bits per heavy atom. The Kier molecular flexibility index (Phi) is 4.40. The number of aryl methyl sites for hydroxylation is 1. The molecule has 0 spiro atoms. The van der Waals surface area contributed by atoms with Crippen molar-refractivity contribution < 1.29 is 9.18 Å². The Bertz CT molecular complexity index is 502. The molecule has 0 radical (unpaired) electrons. The molecule has 1 fully saturated rings. The number of anilines is 1. The Morgan fingerprint density at radius 1 is 1.50 bits per heavy atom. The molecule has 1 heterocycles. The van der Waals surface area contributed by atoms with E-state index in [1.807, 2.05) is 6.92 Å². The maximum Gasteiger partial charge on any atom is 0.238 e. The summed E-state index contributed by atoms with van der Waals surface area (Å²) in [6.45, 7) is 8.98. The highest BCUT2D eigenvalue weighted by Gasteiger charge is 2.30. The van der Waals surface area contributed by atoms with E-state index in [4.69, 9.17) is 0 Å². The zero-order valence-corrected chi connectivity index (χ0v) is 12.3. The fourth-order valence-corrected chi connectivity index (χ4v) is 2.41. The number of amides is 1. The fourth-order valence-electron chi connectivity index (χ4n) is 2.41. The summed E-state index contributed by atoms with van der Waals surface area (Å²) in [6.07, 6.45) is 0. The second-order valence-electron chi connectivity index (χ2n) is 5.92. The van der Waals surface area contributed by atoms with Gasteiger partial charge in [0.15, 0.2) is 0 Å². The van der Waals surface area contributed by atoms with Crippen molar-refractivity contribution in [3.63, 3.8) is 0 Å². The van der Waals surface area contributed by atoms with Crippen LogP contribution in [0.25, 0.3) is 0 Å². The Balaban J connectivity index is 2.00. The summed E-state index contributed by atoms with van der Waals surface area (Å²) in [4.78, 5) is 14.3. The summed E-state index contributed by atoms with van der Waals surface area (Å²) < 4.78 is 13.2. The van der Waals surface area contributed by atoms with Crippen LogP contribution in [-0.4, -0.2) is 42.5 Å². The van der Waals surface area contributed by atoms with Crippen LogP contribution in [0.15, 0.2) is 18.2 Å². The van der Waals surface area contributed by atoms with Crippen molar-refractivity contribution in [1.82, 2.24) is 10.2 Å². The molecule has 0 atom stereocenters. The molecule has 0 unspecified atom stereocenters. The third-order valence-electron chi connectivity index (χ3n) is 3.78. The molecule has 5 heteroatoms. The molecule has 2 rings (SSSR count). The molecular weight excluding hydrogens is 257 g/mol. The normalized spacial score (nSPS) is 18.8. The van der Waals surface area contributed by atoms with E-state index >= 15 is 0 Å². The van der Waals surface area contributed by atoms with Gasteiger partial charge in [-0.25, -0.2) is 4.39 Å². The van der Waals surface area contributed by atoms with Gasteiger partial charge in [-0.3, -0.25) is 9.69 Å². The van der Waals surface area contributed by atoms with E-state index < -0.39 is 0 Å². The van der Waals surface area contributed by atoms with E-state index in [1.165, 1.54) is 12.1 Å². The quantitative estimate of drug-likeness (QED) is 0.886. The van der Waals surface area contributed by atoms with Gasteiger partial charge in [-0.15, -0.1) is 0 Å². The van der Waals surface area contributed by atoms with Crippen LogP contribution in [0.5, 0.6) is 0 Å². The third-order valence-corrected chi connectivity index (χ3v) is 3.78. The monoisotopic (exact) mass is 279 g/mol. The Labute approximate surface area is 119 Å². The largest absolute Gasteiger partial charge is 0.325 e. The van der Waals surface area contributed by atoms with Crippen molar-refractivity contribution in [2.75, 3.05) is 31.5 Å². The number of halogens is 1. The highest BCUT2D eigenvalue weighted by molar-refractivity contribution is 5.93. The number of hydrogen-bond acceptors (Lipinski definition) is 3. The molecule has 2 N–H and O–H groups in total. The van der Waals surface area contributed by atoms with Gasteiger partial charge in [-0.05, 0) is 38.5 Å². The molecule has 0 aliphatic carbocycles. The molecule has 110 valence electrons. The van der Waals surface area contributed by atoms with Crippen LogP contribution >= 0.6 is 0 Å². The third kappa shape index (κ3) is 3.55. The number of hydrogen-bond donors (Lipinski definition) is 2. The van der Waals surface area contributed by atoms with E-state index in [0.717, 1.165) is 25.2 Å². The number of rotatable bonds is 3. The van der Waals surface area contributed by atoms with Crippen LogP contribution in [0.3, 0.4) is 0 Å². The van der Waals surface area contributed by atoms with E-state index in [-0.39, 0.29) is 17.3 Å². The Hall–Kier alpha value is -1.46.